The summed E-state index contributed by atoms with van der Waals surface area (Å²) in [4.78, 5) is 0. The Labute approximate surface area is 112 Å². The van der Waals surface area contributed by atoms with E-state index in [4.69, 9.17) is 10.5 Å². The molecule has 0 radical (unpaired) electrons. The molecule has 5 nitrogen and oxygen atoms in total. The van der Waals surface area contributed by atoms with Gasteiger partial charge in [0.1, 0.15) is 17.4 Å². The number of nitrogens with zero attached hydrogens (tertiary/aromatic N) is 3. The molecule has 2 heterocycles. The normalized spacial score (nSPS) is 18.1. The van der Waals surface area contributed by atoms with Crippen LogP contribution < -0.4 is 10.5 Å². The largest absolute Gasteiger partial charge is 0.497 e. The minimum absolute atomic E-state index is 0.220. The van der Waals surface area contributed by atoms with Gasteiger partial charge in [0.25, 0.3) is 0 Å². The Morgan fingerprint density at radius 2 is 2.11 bits per heavy atom. The topological polar surface area (TPSA) is 66.0 Å². The summed E-state index contributed by atoms with van der Waals surface area (Å²) in [5.41, 5.74) is 7.22. The maximum Gasteiger partial charge on any atom is 0.137 e. The van der Waals surface area contributed by atoms with Crippen molar-refractivity contribution < 1.29 is 4.74 Å². The molecule has 1 aliphatic rings. The second-order valence-corrected chi connectivity index (χ2v) is 4.97. The number of aryl methyl sites for hydroxylation is 1. The van der Waals surface area contributed by atoms with Crippen molar-refractivity contribution in [2.75, 3.05) is 7.11 Å². The quantitative estimate of drug-likeness (QED) is 0.897. The third-order valence-corrected chi connectivity index (χ3v) is 3.58. The van der Waals surface area contributed by atoms with Crippen LogP contribution in [0.2, 0.25) is 0 Å². The molecule has 1 aromatic carbocycles. The van der Waals surface area contributed by atoms with Crippen molar-refractivity contribution in [3.05, 3.63) is 41.5 Å². The molecule has 1 unspecified atom stereocenters. The van der Waals surface area contributed by atoms with Gasteiger partial charge in [0.05, 0.1) is 7.11 Å². The molecule has 1 aromatic heterocycles. The highest BCUT2D eigenvalue weighted by molar-refractivity contribution is 5.29. The number of fused-ring (bicyclic) bond motifs is 1. The van der Waals surface area contributed by atoms with Gasteiger partial charge in [-0.15, -0.1) is 10.2 Å². The summed E-state index contributed by atoms with van der Waals surface area (Å²) in [5, 5.41) is 8.55. The minimum atomic E-state index is 0.220. The summed E-state index contributed by atoms with van der Waals surface area (Å²) in [6, 6.07) is 8.27. The Hall–Kier alpha value is -1.88. The lowest BCUT2D eigenvalue weighted by molar-refractivity contribution is 0.414. The Balaban J connectivity index is 1.81. The Bertz CT molecular complexity index is 561. The first kappa shape index (κ1) is 12.2. The second kappa shape index (κ2) is 5.01. The number of ether oxygens (including phenoxy) is 1. The number of aromatic nitrogens is 3. The molecule has 0 fully saturated rings. The summed E-state index contributed by atoms with van der Waals surface area (Å²) in [6.45, 7) is 0.827. The van der Waals surface area contributed by atoms with Gasteiger partial charge in [-0.1, -0.05) is 12.1 Å². The zero-order chi connectivity index (χ0) is 13.2. The highest BCUT2D eigenvalue weighted by Crippen LogP contribution is 2.18. The molecule has 0 saturated heterocycles. The molecule has 0 aliphatic carbocycles. The summed E-state index contributed by atoms with van der Waals surface area (Å²) in [7, 11) is 1.67. The average Bonchev–Trinajstić information content (AvgIpc) is 2.82. The molecule has 0 amide bonds. The first-order valence-electron chi connectivity index (χ1n) is 6.55. The van der Waals surface area contributed by atoms with Crippen LogP contribution in [-0.4, -0.2) is 27.9 Å². The van der Waals surface area contributed by atoms with Gasteiger partial charge in [0, 0.05) is 25.4 Å². The fourth-order valence-electron chi connectivity index (χ4n) is 2.47. The smallest absolute Gasteiger partial charge is 0.137 e. The highest BCUT2D eigenvalue weighted by Gasteiger charge is 2.20. The van der Waals surface area contributed by atoms with E-state index in [9.17, 15) is 0 Å². The molecule has 0 spiro atoms. The van der Waals surface area contributed by atoms with Crippen LogP contribution in [0.15, 0.2) is 24.3 Å². The number of rotatable bonds is 3. The molecule has 100 valence electrons. The lowest BCUT2D eigenvalue weighted by atomic mass is 10.1. The molecule has 19 heavy (non-hydrogen) atoms. The van der Waals surface area contributed by atoms with E-state index in [1.54, 1.807) is 7.11 Å². The fourth-order valence-corrected chi connectivity index (χ4v) is 2.47. The standard InChI is InChI=1S/C14H18N4O/c1-19-12-5-2-10(3-6-12)8-14-17-16-13-7-4-11(15)9-18(13)14/h2-3,5-6,11H,4,7-9,15H2,1H3. The summed E-state index contributed by atoms with van der Waals surface area (Å²) < 4.78 is 7.32. The van der Waals surface area contributed by atoms with Gasteiger partial charge in [-0.25, -0.2) is 0 Å². The SMILES string of the molecule is COc1ccc(Cc2nnc3n2CC(N)CC3)cc1. The van der Waals surface area contributed by atoms with Crippen LogP contribution in [-0.2, 0) is 19.4 Å². The molecule has 5 heteroatoms. The maximum atomic E-state index is 6.02. The minimum Gasteiger partial charge on any atom is -0.497 e. The molecule has 2 aromatic rings. The van der Waals surface area contributed by atoms with Crippen molar-refractivity contribution in [1.82, 2.24) is 14.8 Å². The number of hydrogen-bond donors (Lipinski definition) is 1. The summed E-state index contributed by atoms with van der Waals surface area (Å²) in [5.74, 6) is 2.93. The van der Waals surface area contributed by atoms with Crippen LogP contribution in [0.1, 0.15) is 23.6 Å². The number of benzene rings is 1. The molecule has 0 saturated carbocycles. The van der Waals surface area contributed by atoms with Crippen molar-refractivity contribution in [1.29, 1.82) is 0 Å². The van der Waals surface area contributed by atoms with Crippen LogP contribution in [0, 0.1) is 0 Å². The average molecular weight is 258 g/mol. The molecule has 1 atom stereocenters. The molecule has 3 rings (SSSR count). The van der Waals surface area contributed by atoms with Gasteiger partial charge in [-0.2, -0.15) is 0 Å². The van der Waals surface area contributed by atoms with E-state index >= 15 is 0 Å². The number of methoxy groups -OCH3 is 1. The van der Waals surface area contributed by atoms with E-state index in [0.717, 1.165) is 43.2 Å². The maximum absolute atomic E-state index is 6.02. The second-order valence-electron chi connectivity index (χ2n) is 4.97. The van der Waals surface area contributed by atoms with E-state index in [2.05, 4.69) is 26.9 Å². The summed E-state index contributed by atoms with van der Waals surface area (Å²) in [6.07, 6.45) is 2.71. The third kappa shape index (κ3) is 2.46. The van der Waals surface area contributed by atoms with Gasteiger partial charge in [0.2, 0.25) is 0 Å². The van der Waals surface area contributed by atoms with Crippen molar-refractivity contribution in [2.45, 2.75) is 31.8 Å². The van der Waals surface area contributed by atoms with Gasteiger partial charge >= 0.3 is 0 Å². The zero-order valence-electron chi connectivity index (χ0n) is 11.0. The molecular formula is C14H18N4O. The van der Waals surface area contributed by atoms with Crippen LogP contribution >= 0.6 is 0 Å². The molecular weight excluding hydrogens is 240 g/mol. The van der Waals surface area contributed by atoms with E-state index in [-0.39, 0.29) is 6.04 Å². The van der Waals surface area contributed by atoms with Gasteiger partial charge in [0.15, 0.2) is 0 Å². The number of hydrogen-bond acceptors (Lipinski definition) is 4. The highest BCUT2D eigenvalue weighted by atomic mass is 16.5. The Kier molecular flexibility index (Phi) is 3.21. The van der Waals surface area contributed by atoms with Crippen LogP contribution in [0.4, 0.5) is 0 Å². The predicted molar refractivity (Wildman–Crippen MR) is 72.1 cm³/mol. The van der Waals surface area contributed by atoms with Gasteiger partial charge < -0.3 is 15.0 Å². The lowest BCUT2D eigenvalue weighted by Gasteiger charge is -2.20. The van der Waals surface area contributed by atoms with Crippen molar-refractivity contribution >= 4 is 0 Å². The monoisotopic (exact) mass is 258 g/mol. The summed E-state index contributed by atoms with van der Waals surface area (Å²) >= 11 is 0. The predicted octanol–water partition coefficient (Wildman–Crippen LogP) is 1.15. The number of nitrogens with two attached hydrogens (primary N) is 1. The molecule has 0 bridgehead atoms. The molecule has 1 aliphatic heterocycles. The molecule has 2 N–H and O–H groups in total. The fraction of sp³-hybridized carbons (Fsp3) is 0.429. The van der Waals surface area contributed by atoms with E-state index in [1.165, 1.54) is 5.56 Å². The van der Waals surface area contributed by atoms with Gasteiger partial charge in [-0.05, 0) is 24.1 Å². The van der Waals surface area contributed by atoms with Crippen LogP contribution in [0.25, 0.3) is 0 Å². The van der Waals surface area contributed by atoms with Crippen LogP contribution in [0.3, 0.4) is 0 Å². The van der Waals surface area contributed by atoms with Crippen molar-refractivity contribution in [2.24, 2.45) is 5.73 Å². The van der Waals surface area contributed by atoms with E-state index in [0.29, 0.717) is 0 Å². The first-order valence-corrected chi connectivity index (χ1v) is 6.55. The van der Waals surface area contributed by atoms with Gasteiger partial charge in [-0.3, -0.25) is 0 Å². The van der Waals surface area contributed by atoms with Crippen molar-refractivity contribution in [3.8, 4) is 5.75 Å². The lowest BCUT2D eigenvalue weighted by Crippen LogP contribution is -2.32. The Morgan fingerprint density at radius 1 is 1.32 bits per heavy atom. The third-order valence-electron chi connectivity index (χ3n) is 3.58. The van der Waals surface area contributed by atoms with E-state index < -0.39 is 0 Å². The first-order chi connectivity index (χ1) is 9.26. The van der Waals surface area contributed by atoms with E-state index in [1.807, 2.05) is 12.1 Å². The van der Waals surface area contributed by atoms with Crippen molar-refractivity contribution in [3.63, 3.8) is 0 Å². The Morgan fingerprint density at radius 3 is 2.84 bits per heavy atom. The van der Waals surface area contributed by atoms with Crippen LogP contribution in [0.5, 0.6) is 5.75 Å². The zero-order valence-corrected chi connectivity index (χ0v) is 11.0.